The number of carbonyl (C=O) groups excluding carboxylic acids is 1. The molecule has 0 heterocycles. The van der Waals surface area contributed by atoms with Crippen LogP contribution in [0, 0.1) is 23.2 Å². The Morgan fingerprint density at radius 2 is 2.18 bits per heavy atom. The summed E-state index contributed by atoms with van der Waals surface area (Å²) in [5.41, 5.74) is 6.44. The van der Waals surface area contributed by atoms with Crippen molar-refractivity contribution in [2.24, 2.45) is 11.8 Å². The van der Waals surface area contributed by atoms with Crippen LogP contribution in [0.15, 0.2) is 24.3 Å². The Morgan fingerprint density at radius 3 is 2.82 bits per heavy atom. The lowest BCUT2D eigenvalue weighted by Crippen LogP contribution is -2.41. The fourth-order valence-electron chi connectivity index (χ4n) is 2.23. The average molecular weight is 304 g/mol. The van der Waals surface area contributed by atoms with Crippen LogP contribution in [0.25, 0.3) is 0 Å². The summed E-state index contributed by atoms with van der Waals surface area (Å²) in [6.07, 6.45) is 1.63. The summed E-state index contributed by atoms with van der Waals surface area (Å²) in [6, 6.07) is 8.53. The van der Waals surface area contributed by atoms with E-state index >= 15 is 0 Å². The summed E-state index contributed by atoms with van der Waals surface area (Å²) < 4.78 is 0. The molecule has 1 aromatic rings. The molecule has 0 aliphatic rings. The molecule has 1 unspecified atom stereocenters. The van der Waals surface area contributed by atoms with Crippen LogP contribution in [0.3, 0.4) is 0 Å². The van der Waals surface area contributed by atoms with Crippen molar-refractivity contribution in [3.8, 4) is 6.07 Å². The van der Waals surface area contributed by atoms with E-state index < -0.39 is 0 Å². The first-order valence-electron chi connectivity index (χ1n) is 7.46. The number of urea groups is 1. The molecule has 1 aromatic carbocycles. The third kappa shape index (κ3) is 6.95. The molecule has 0 fully saturated rings. The zero-order chi connectivity index (χ0) is 16.4. The van der Waals surface area contributed by atoms with Crippen LogP contribution in [0.5, 0.6) is 0 Å². The van der Waals surface area contributed by atoms with E-state index in [1.807, 2.05) is 6.07 Å². The number of nitriles is 1. The van der Waals surface area contributed by atoms with Gasteiger partial charge >= 0.3 is 6.03 Å². The van der Waals surface area contributed by atoms with E-state index in [2.05, 4.69) is 30.0 Å². The van der Waals surface area contributed by atoms with Crippen molar-refractivity contribution in [3.63, 3.8) is 0 Å². The Labute approximate surface area is 131 Å². The fraction of sp³-hybridized carbons (Fsp3) is 0.500. The summed E-state index contributed by atoms with van der Waals surface area (Å²) in [7, 11) is 0. The standard InChI is InChI=1S/C16H24N4O2/c1-12(2)8-14(6-7-21)11-18-16(22)20-19-15-5-3-4-13(9-15)10-17/h3-5,9,12,14,19,21H,6-8,11H2,1-2H3,(H2,18,20,22). The third-order valence-electron chi connectivity index (χ3n) is 3.21. The maximum absolute atomic E-state index is 11.8. The van der Waals surface area contributed by atoms with Crippen LogP contribution in [0.2, 0.25) is 0 Å². The summed E-state index contributed by atoms with van der Waals surface area (Å²) >= 11 is 0. The Morgan fingerprint density at radius 1 is 1.41 bits per heavy atom. The lowest BCUT2D eigenvalue weighted by Gasteiger charge is -2.19. The number of nitrogens with one attached hydrogen (secondary N) is 3. The van der Waals surface area contributed by atoms with Crippen LogP contribution >= 0.6 is 0 Å². The van der Waals surface area contributed by atoms with Crippen molar-refractivity contribution in [1.82, 2.24) is 10.7 Å². The number of aliphatic hydroxyl groups excluding tert-OH is 1. The van der Waals surface area contributed by atoms with Gasteiger partial charge in [0.05, 0.1) is 17.3 Å². The van der Waals surface area contributed by atoms with Gasteiger partial charge in [0.25, 0.3) is 0 Å². The van der Waals surface area contributed by atoms with Crippen LogP contribution in [0.4, 0.5) is 10.5 Å². The van der Waals surface area contributed by atoms with Gasteiger partial charge in [-0.25, -0.2) is 4.79 Å². The highest BCUT2D eigenvalue weighted by Crippen LogP contribution is 2.14. The van der Waals surface area contributed by atoms with Crippen LogP contribution in [-0.2, 0) is 0 Å². The minimum Gasteiger partial charge on any atom is -0.396 e. The fourth-order valence-corrected chi connectivity index (χ4v) is 2.23. The number of rotatable bonds is 8. The van der Waals surface area contributed by atoms with Crippen molar-refractivity contribution in [1.29, 1.82) is 5.26 Å². The Bertz CT molecular complexity index is 511. The van der Waals surface area contributed by atoms with Crippen molar-refractivity contribution in [2.45, 2.75) is 26.7 Å². The number of benzene rings is 1. The highest BCUT2D eigenvalue weighted by molar-refractivity contribution is 5.75. The number of hydrogen-bond donors (Lipinski definition) is 4. The van der Waals surface area contributed by atoms with E-state index in [9.17, 15) is 4.79 Å². The van der Waals surface area contributed by atoms with E-state index in [1.165, 1.54) is 0 Å². The number of carbonyl (C=O) groups is 1. The van der Waals surface area contributed by atoms with Crippen LogP contribution < -0.4 is 16.2 Å². The molecular weight excluding hydrogens is 280 g/mol. The van der Waals surface area contributed by atoms with Gasteiger partial charge in [0, 0.05) is 13.2 Å². The first-order chi connectivity index (χ1) is 10.5. The van der Waals surface area contributed by atoms with Gasteiger partial charge in [-0.05, 0) is 42.9 Å². The number of hydrogen-bond acceptors (Lipinski definition) is 4. The second-order valence-corrected chi connectivity index (χ2v) is 5.66. The van der Waals surface area contributed by atoms with Crippen molar-refractivity contribution < 1.29 is 9.90 Å². The zero-order valence-electron chi connectivity index (χ0n) is 13.1. The molecule has 0 saturated heterocycles. The van der Waals surface area contributed by atoms with Gasteiger partial charge in [0.1, 0.15) is 0 Å². The first-order valence-corrected chi connectivity index (χ1v) is 7.46. The molecule has 4 N–H and O–H groups in total. The molecule has 0 radical (unpaired) electrons. The molecule has 0 saturated carbocycles. The average Bonchev–Trinajstić information content (AvgIpc) is 2.50. The summed E-state index contributed by atoms with van der Waals surface area (Å²) in [5.74, 6) is 0.783. The molecule has 0 aliphatic heterocycles. The van der Waals surface area contributed by atoms with Crippen molar-refractivity contribution >= 4 is 11.7 Å². The number of aliphatic hydroxyl groups is 1. The monoisotopic (exact) mass is 304 g/mol. The van der Waals surface area contributed by atoms with Gasteiger partial charge in [0.15, 0.2) is 0 Å². The molecule has 6 nitrogen and oxygen atoms in total. The number of amides is 2. The van der Waals surface area contributed by atoms with Gasteiger partial charge in [-0.1, -0.05) is 19.9 Å². The molecule has 6 heteroatoms. The maximum Gasteiger partial charge on any atom is 0.333 e. The maximum atomic E-state index is 11.8. The normalized spacial score (nSPS) is 11.6. The predicted octanol–water partition coefficient (Wildman–Crippen LogP) is 2.23. The highest BCUT2D eigenvalue weighted by Gasteiger charge is 2.12. The molecule has 120 valence electrons. The lowest BCUT2D eigenvalue weighted by atomic mass is 9.94. The SMILES string of the molecule is CC(C)CC(CCO)CNC(=O)NNc1cccc(C#N)c1. The summed E-state index contributed by atoms with van der Waals surface area (Å²) in [5, 5.41) is 20.6. The van der Waals surface area contributed by atoms with Gasteiger partial charge < -0.3 is 10.4 Å². The van der Waals surface area contributed by atoms with E-state index in [1.54, 1.807) is 24.3 Å². The second-order valence-electron chi connectivity index (χ2n) is 5.66. The zero-order valence-corrected chi connectivity index (χ0v) is 13.1. The van der Waals surface area contributed by atoms with E-state index in [0.717, 1.165) is 6.42 Å². The van der Waals surface area contributed by atoms with E-state index in [4.69, 9.17) is 10.4 Å². The predicted molar refractivity (Wildman–Crippen MR) is 86.0 cm³/mol. The van der Waals surface area contributed by atoms with Crippen molar-refractivity contribution in [3.05, 3.63) is 29.8 Å². The molecular formula is C16H24N4O2. The molecule has 0 bridgehead atoms. The van der Waals surface area contributed by atoms with Gasteiger partial charge in [-0.2, -0.15) is 5.26 Å². The highest BCUT2D eigenvalue weighted by atomic mass is 16.3. The number of anilines is 1. The van der Waals surface area contributed by atoms with E-state index in [-0.39, 0.29) is 18.6 Å². The topological polar surface area (TPSA) is 97.2 Å². The third-order valence-corrected chi connectivity index (χ3v) is 3.21. The quantitative estimate of drug-likeness (QED) is 0.554. The Balaban J connectivity index is 2.37. The smallest absolute Gasteiger partial charge is 0.333 e. The summed E-state index contributed by atoms with van der Waals surface area (Å²) in [4.78, 5) is 11.8. The van der Waals surface area contributed by atoms with Crippen LogP contribution in [-0.4, -0.2) is 24.3 Å². The minimum atomic E-state index is -0.339. The Hall–Kier alpha value is -2.26. The van der Waals surface area contributed by atoms with E-state index in [0.29, 0.717) is 30.1 Å². The largest absolute Gasteiger partial charge is 0.396 e. The van der Waals surface area contributed by atoms with Crippen LogP contribution in [0.1, 0.15) is 32.3 Å². The molecule has 1 atom stereocenters. The lowest BCUT2D eigenvalue weighted by molar-refractivity contribution is 0.226. The molecule has 22 heavy (non-hydrogen) atoms. The van der Waals surface area contributed by atoms with Crippen molar-refractivity contribution in [2.75, 3.05) is 18.6 Å². The van der Waals surface area contributed by atoms with Gasteiger partial charge in [0.2, 0.25) is 0 Å². The van der Waals surface area contributed by atoms with Gasteiger partial charge in [-0.15, -0.1) is 0 Å². The molecule has 2 amide bonds. The Kier molecular flexibility index (Phi) is 7.79. The molecule has 0 aliphatic carbocycles. The minimum absolute atomic E-state index is 0.125. The second kappa shape index (κ2) is 9.64. The molecule has 0 spiro atoms. The number of nitrogens with zero attached hydrogens (tertiary/aromatic N) is 1. The van der Waals surface area contributed by atoms with Gasteiger partial charge in [-0.3, -0.25) is 10.9 Å². The molecule has 1 rings (SSSR count). The molecule has 0 aromatic heterocycles. The number of hydrazine groups is 1. The first kappa shape index (κ1) is 17.8. The summed E-state index contributed by atoms with van der Waals surface area (Å²) in [6.45, 7) is 4.88.